The van der Waals surface area contributed by atoms with Crippen molar-refractivity contribution in [3.05, 3.63) is 31.2 Å². The summed E-state index contributed by atoms with van der Waals surface area (Å²) in [4.78, 5) is 11.5. The van der Waals surface area contributed by atoms with Crippen molar-refractivity contribution in [2.24, 2.45) is 0 Å². The van der Waals surface area contributed by atoms with Crippen LogP contribution in [0.1, 0.15) is 25.7 Å². The number of carbonyl (C=O) groups excluding carboxylic acids is 1. The molecule has 3 nitrogen and oxygen atoms in total. The molecule has 0 bridgehead atoms. The van der Waals surface area contributed by atoms with Crippen molar-refractivity contribution in [2.45, 2.75) is 25.7 Å². The van der Waals surface area contributed by atoms with E-state index in [1.165, 1.54) is 0 Å². The van der Waals surface area contributed by atoms with Gasteiger partial charge in [0.1, 0.15) is 0 Å². The van der Waals surface area contributed by atoms with Crippen LogP contribution >= 0.6 is 0 Å². The number of carbonyl (C=O) groups is 1. The zero-order valence-electron chi connectivity index (χ0n) is 8.83. The molecule has 3 N–H and O–H groups in total. The molecule has 0 unspecified atom stereocenters. The molecule has 0 fully saturated rings. The third kappa shape index (κ3) is 4.02. The molecule has 0 saturated heterocycles. The van der Waals surface area contributed by atoms with Crippen LogP contribution < -0.4 is 11.1 Å². The summed E-state index contributed by atoms with van der Waals surface area (Å²) >= 11 is 0. The fourth-order valence-corrected chi connectivity index (χ4v) is 1.29. The van der Waals surface area contributed by atoms with E-state index in [2.05, 4.69) is 12.2 Å². The Bertz CT molecular complexity index is 323. The maximum atomic E-state index is 11.5. The lowest BCUT2D eigenvalue weighted by Crippen LogP contribution is -2.12. The van der Waals surface area contributed by atoms with Gasteiger partial charge in [-0.15, -0.1) is 0 Å². The summed E-state index contributed by atoms with van der Waals surface area (Å²) in [7, 11) is 0. The van der Waals surface area contributed by atoms with E-state index < -0.39 is 0 Å². The van der Waals surface area contributed by atoms with E-state index >= 15 is 0 Å². The molecule has 0 heterocycles. The fraction of sp³-hybridized carbons (Fsp3) is 0.333. The number of nitrogens with one attached hydrogen (secondary N) is 1. The zero-order valence-corrected chi connectivity index (χ0v) is 8.83. The van der Waals surface area contributed by atoms with E-state index in [9.17, 15) is 4.79 Å². The summed E-state index contributed by atoms with van der Waals surface area (Å²) < 4.78 is 0. The van der Waals surface area contributed by atoms with Crippen molar-refractivity contribution < 1.29 is 4.79 Å². The van der Waals surface area contributed by atoms with Gasteiger partial charge < -0.3 is 11.1 Å². The number of anilines is 2. The first kappa shape index (κ1) is 11.6. The molecule has 1 rings (SSSR count). The Labute approximate surface area is 90.7 Å². The second-order valence-corrected chi connectivity index (χ2v) is 3.45. The summed E-state index contributed by atoms with van der Waals surface area (Å²) in [6.45, 7) is 3.73. The van der Waals surface area contributed by atoms with Crippen molar-refractivity contribution in [2.75, 3.05) is 11.1 Å². The van der Waals surface area contributed by atoms with E-state index in [0.29, 0.717) is 17.8 Å². The van der Waals surface area contributed by atoms with Crippen LogP contribution in [0.15, 0.2) is 24.3 Å². The highest BCUT2D eigenvalue weighted by molar-refractivity contribution is 5.93. The van der Waals surface area contributed by atoms with Gasteiger partial charge in [-0.25, -0.2) is 0 Å². The Morgan fingerprint density at radius 2 is 2.07 bits per heavy atom. The SMILES string of the molecule is [CH2]CCCCC(=O)Nc1ccccc1N. The quantitative estimate of drug-likeness (QED) is 0.573. The van der Waals surface area contributed by atoms with Crippen molar-refractivity contribution in [3.63, 3.8) is 0 Å². The van der Waals surface area contributed by atoms with Gasteiger partial charge in [-0.05, 0) is 18.6 Å². The third-order valence-electron chi connectivity index (χ3n) is 2.14. The highest BCUT2D eigenvalue weighted by atomic mass is 16.1. The van der Waals surface area contributed by atoms with Gasteiger partial charge in [0.15, 0.2) is 0 Å². The first-order chi connectivity index (χ1) is 7.24. The summed E-state index contributed by atoms with van der Waals surface area (Å²) in [5, 5.41) is 2.78. The number of nitrogens with two attached hydrogens (primary N) is 1. The zero-order chi connectivity index (χ0) is 11.1. The van der Waals surface area contributed by atoms with Crippen LogP contribution in [0.4, 0.5) is 11.4 Å². The topological polar surface area (TPSA) is 55.1 Å². The molecule has 15 heavy (non-hydrogen) atoms. The average molecular weight is 205 g/mol. The highest BCUT2D eigenvalue weighted by Gasteiger charge is 2.03. The van der Waals surface area contributed by atoms with Gasteiger partial charge in [0.2, 0.25) is 5.91 Å². The minimum atomic E-state index is 0.0151. The van der Waals surface area contributed by atoms with Gasteiger partial charge in [-0.1, -0.05) is 31.9 Å². The predicted octanol–water partition coefficient (Wildman–Crippen LogP) is 2.60. The molecule has 0 saturated carbocycles. The lowest BCUT2D eigenvalue weighted by atomic mass is 10.2. The standard InChI is InChI=1S/C12H17N2O/c1-2-3-4-9-12(15)14-11-8-6-5-7-10(11)13/h5-8H,1-4,9,13H2,(H,14,15). The molecule has 0 aliphatic heterocycles. The second kappa shape index (κ2) is 6.06. The molecule has 1 radical (unpaired) electrons. The van der Waals surface area contributed by atoms with Crippen LogP contribution in [0.5, 0.6) is 0 Å². The van der Waals surface area contributed by atoms with Gasteiger partial charge >= 0.3 is 0 Å². The van der Waals surface area contributed by atoms with Gasteiger partial charge in [-0.2, -0.15) is 0 Å². The minimum Gasteiger partial charge on any atom is -0.397 e. The van der Waals surface area contributed by atoms with E-state index in [1.807, 2.05) is 12.1 Å². The molecule has 0 aliphatic carbocycles. The third-order valence-corrected chi connectivity index (χ3v) is 2.14. The maximum absolute atomic E-state index is 11.5. The number of rotatable bonds is 5. The molecular weight excluding hydrogens is 188 g/mol. The molecule has 0 aromatic heterocycles. The van der Waals surface area contributed by atoms with Gasteiger partial charge in [0.25, 0.3) is 0 Å². The summed E-state index contributed by atoms with van der Waals surface area (Å²) in [5.74, 6) is 0.0151. The maximum Gasteiger partial charge on any atom is 0.224 e. The molecule has 1 amide bonds. The number of hydrogen-bond donors (Lipinski definition) is 2. The monoisotopic (exact) mass is 205 g/mol. The molecule has 3 heteroatoms. The van der Waals surface area contributed by atoms with Crippen molar-refractivity contribution in [3.8, 4) is 0 Å². The molecular formula is C12H17N2O. The molecule has 0 atom stereocenters. The molecule has 81 valence electrons. The van der Waals surface area contributed by atoms with Crippen LogP contribution in [0.3, 0.4) is 0 Å². The van der Waals surface area contributed by atoms with Crippen LogP contribution in [0.25, 0.3) is 0 Å². The highest BCUT2D eigenvalue weighted by Crippen LogP contribution is 2.17. The first-order valence-electron chi connectivity index (χ1n) is 5.17. The number of para-hydroxylation sites is 2. The summed E-state index contributed by atoms with van der Waals surface area (Å²) in [5.41, 5.74) is 6.99. The van der Waals surface area contributed by atoms with Crippen molar-refractivity contribution in [1.82, 2.24) is 0 Å². The Kier molecular flexibility index (Phi) is 4.68. The van der Waals surface area contributed by atoms with E-state index in [0.717, 1.165) is 19.3 Å². The van der Waals surface area contributed by atoms with Crippen molar-refractivity contribution >= 4 is 17.3 Å². The summed E-state index contributed by atoms with van der Waals surface area (Å²) in [6.07, 6.45) is 3.27. The Hall–Kier alpha value is -1.51. The molecule has 1 aromatic rings. The lowest BCUT2D eigenvalue weighted by Gasteiger charge is -2.07. The minimum absolute atomic E-state index is 0.0151. The van der Waals surface area contributed by atoms with E-state index in [1.54, 1.807) is 12.1 Å². The first-order valence-corrected chi connectivity index (χ1v) is 5.17. The molecule has 1 aromatic carbocycles. The van der Waals surface area contributed by atoms with Gasteiger partial charge in [0, 0.05) is 6.42 Å². The Balaban J connectivity index is 2.41. The average Bonchev–Trinajstić information content (AvgIpc) is 2.22. The number of amides is 1. The van der Waals surface area contributed by atoms with Gasteiger partial charge in [0.05, 0.1) is 11.4 Å². The van der Waals surface area contributed by atoms with Gasteiger partial charge in [-0.3, -0.25) is 4.79 Å². The van der Waals surface area contributed by atoms with Crippen molar-refractivity contribution in [1.29, 1.82) is 0 Å². The largest absolute Gasteiger partial charge is 0.397 e. The Morgan fingerprint density at radius 1 is 1.33 bits per heavy atom. The number of benzene rings is 1. The smallest absolute Gasteiger partial charge is 0.224 e. The van der Waals surface area contributed by atoms with Crippen LogP contribution in [0.2, 0.25) is 0 Å². The fourth-order valence-electron chi connectivity index (χ4n) is 1.29. The van der Waals surface area contributed by atoms with E-state index in [-0.39, 0.29) is 5.91 Å². The predicted molar refractivity (Wildman–Crippen MR) is 63.3 cm³/mol. The Morgan fingerprint density at radius 3 is 2.73 bits per heavy atom. The molecule has 0 aliphatic rings. The van der Waals surface area contributed by atoms with Crippen LogP contribution in [-0.2, 0) is 4.79 Å². The van der Waals surface area contributed by atoms with Crippen LogP contribution in [-0.4, -0.2) is 5.91 Å². The summed E-state index contributed by atoms with van der Waals surface area (Å²) in [6, 6.07) is 7.26. The number of hydrogen-bond acceptors (Lipinski definition) is 2. The lowest BCUT2D eigenvalue weighted by molar-refractivity contribution is -0.116. The number of unbranched alkanes of at least 4 members (excludes halogenated alkanes) is 2. The van der Waals surface area contributed by atoms with Crippen LogP contribution in [0, 0.1) is 6.92 Å². The molecule has 0 spiro atoms. The number of nitrogen functional groups attached to an aromatic ring is 1. The normalized spacial score (nSPS) is 9.93. The second-order valence-electron chi connectivity index (χ2n) is 3.45. The van der Waals surface area contributed by atoms with E-state index in [4.69, 9.17) is 5.73 Å².